The minimum atomic E-state index is 0.144. The van der Waals surface area contributed by atoms with Gasteiger partial charge in [0.25, 0.3) is 5.91 Å². The molecule has 1 saturated carbocycles. The van der Waals surface area contributed by atoms with E-state index in [1.54, 1.807) is 0 Å². The molecular weight excluding hydrogens is 385 g/mol. The number of aryl methyl sites for hydroxylation is 1. The second-order valence-electron chi connectivity index (χ2n) is 5.42. The Balaban J connectivity index is 2.23. The van der Waals surface area contributed by atoms with Crippen molar-refractivity contribution in [2.45, 2.75) is 45.1 Å². The lowest BCUT2D eigenvalue weighted by Crippen LogP contribution is -2.43. The van der Waals surface area contributed by atoms with E-state index in [9.17, 15) is 4.79 Å². The predicted molar refractivity (Wildman–Crippen MR) is 92.5 cm³/mol. The molecule has 1 aromatic carbocycles. The second kappa shape index (κ2) is 7.64. The molecule has 0 atom stereocenters. The van der Waals surface area contributed by atoms with Gasteiger partial charge in [0.15, 0.2) is 0 Å². The lowest BCUT2D eigenvalue weighted by atomic mass is 9.93. The van der Waals surface area contributed by atoms with Crippen molar-refractivity contribution in [1.29, 1.82) is 0 Å². The summed E-state index contributed by atoms with van der Waals surface area (Å²) >= 11 is 8.19. The fraction of sp³-hybridized carbons (Fsp3) is 0.562. The number of halogens is 2. The van der Waals surface area contributed by atoms with Crippen molar-refractivity contribution in [3.8, 4) is 0 Å². The molecule has 1 fully saturated rings. The van der Waals surface area contributed by atoms with E-state index in [-0.39, 0.29) is 5.91 Å². The van der Waals surface area contributed by atoms with Crippen molar-refractivity contribution in [1.82, 2.24) is 4.90 Å². The third-order valence-corrected chi connectivity index (χ3v) is 5.62. The van der Waals surface area contributed by atoms with Crippen LogP contribution in [0.5, 0.6) is 0 Å². The molecule has 0 bridgehead atoms. The molecule has 0 N–H and O–H groups in total. The third-order valence-electron chi connectivity index (χ3n) is 4.02. The highest BCUT2D eigenvalue weighted by atomic mass is 127. The first-order valence-corrected chi connectivity index (χ1v) is 8.88. The van der Waals surface area contributed by atoms with Crippen molar-refractivity contribution in [2.24, 2.45) is 0 Å². The molecule has 0 aromatic heterocycles. The van der Waals surface area contributed by atoms with Crippen LogP contribution in [0.25, 0.3) is 0 Å². The van der Waals surface area contributed by atoms with E-state index >= 15 is 0 Å². The Bertz CT molecular complexity index is 472. The van der Waals surface area contributed by atoms with Crippen LogP contribution in [0.3, 0.4) is 0 Å². The summed E-state index contributed by atoms with van der Waals surface area (Å²) in [6.07, 6.45) is 5.97. The molecule has 0 saturated heterocycles. The van der Waals surface area contributed by atoms with E-state index in [0.29, 0.717) is 18.5 Å². The summed E-state index contributed by atoms with van der Waals surface area (Å²) in [5.41, 5.74) is 1.98. The number of alkyl halides is 1. The maximum Gasteiger partial charge on any atom is 0.255 e. The number of nitrogens with zero attached hydrogens (tertiary/aromatic N) is 1. The van der Waals surface area contributed by atoms with Crippen molar-refractivity contribution >= 4 is 40.1 Å². The Hall–Kier alpha value is -0.290. The summed E-state index contributed by atoms with van der Waals surface area (Å²) in [6, 6.07) is 6.31. The molecule has 1 aliphatic rings. The third kappa shape index (κ3) is 3.67. The Kier molecular flexibility index (Phi) is 6.15. The molecular formula is C16H21ClINO. The van der Waals surface area contributed by atoms with Crippen LogP contribution < -0.4 is 0 Å². The molecule has 0 spiro atoms. The van der Waals surface area contributed by atoms with Gasteiger partial charge in [-0.1, -0.05) is 31.4 Å². The van der Waals surface area contributed by atoms with Gasteiger partial charge in [0.05, 0.1) is 5.56 Å². The van der Waals surface area contributed by atoms with Gasteiger partial charge in [0.1, 0.15) is 0 Å². The van der Waals surface area contributed by atoms with Gasteiger partial charge < -0.3 is 4.90 Å². The summed E-state index contributed by atoms with van der Waals surface area (Å²) in [5.74, 6) is 0.649. The summed E-state index contributed by atoms with van der Waals surface area (Å²) < 4.78 is 1.06. The molecule has 0 unspecified atom stereocenters. The smallest absolute Gasteiger partial charge is 0.255 e. The highest BCUT2D eigenvalue weighted by Gasteiger charge is 2.27. The molecule has 2 rings (SSSR count). The molecule has 110 valence electrons. The van der Waals surface area contributed by atoms with Gasteiger partial charge in [0.2, 0.25) is 0 Å². The maximum atomic E-state index is 12.9. The van der Waals surface area contributed by atoms with Crippen LogP contribution in [-0.4, -0.2) is 29.3 Å². The SMILES string of the molecule is Cc1cccc(C(=O)N(CCCl)C2CCCCC2)c1I. The number of carbonyl (C=O) groups is 1. The molecule has 4 heteroatoms. The zero-order valence-corrected chi connectivity index (χ0v) is 14.8. The minimum absolute atomic E-state index is 0.144. The predicted octanol–water partition coefficient (Wildman–Crippen LogP) is 4.61. The number of amides is 1. The Morgan fingerprint density at radius 1 is 1.35 bits per heavy atom. The van der Waals surface area contributed by atoms with Crippen LogP contribution in [0.4, 0.5) is 0 Å². The highest BCUT2D eigenvalue weighted by Crippen LogP contribution is 2.26. The number of hydrogen-bond donors (Lipinski definition) is 0. The summed E-state index contributed by atoms with van der Waals surface area (Å²) in [7, 11) is 0. The van der Waals surface area contributed by atoms with Crippen LogP contribution >= 0.6 is 34.2 Å². The average Bonchev–Trinajstić information content (AvgIpc) is 2.48. The lowest BCUT2D eigenvalue weighted by molar-refractivity contribution is 0.0648. The molecule has 1 aliphatic carbocycles. The topological polar surface area (TPSA) is 20.3 Å². The van der Waals surface area contributed by atoms with Crippen LogP contribution in [0.1, 0.15) is 48.0 Å². The maximum absolute atomic E-state index is 12.9. The van der Waals surface area contributed by atoms with E-state index in [4.69, 9.17) is 11.6 Å². The fourth-order valence-corrected chi connectivity index (χ4v) is 3.67. The van der Waals surface area contributed by atoms with Gasteiger partial charge in [-0.15, -0.1) is 11.6 Å². The Labute approximate surface area is 140 Å². The highest BCUT2D eigenvalue weighted by molar-refractivity contribution is 14.1. The second-order valence-corrected chi connectivity index (χ2v) is 6.87. The Morgan fingerprint density at radius 3 is 2.70 bits per heavy atom. The van der Waals surface area contributed by atoms with Gasteiger partial charge in [-0.05, 0) is 54.0 Å². The average molecular weight is 406 g/mol. The molecule has 0 aliphatic heterocycles. The summed E-state index contributed by atoms with van der Waals surface area (Å²) in [5, 5.41) is 0. The van der Waals surface area contributed by atoms with E-state index in [1.165, 1.54) is 19.3 Å². The number of benzene rings is 1. The monoisotopic (exact) mass is 405 g/mol. The molecule has 0 radical (unpaired) electrons. The minimum Gasteiger partial charge on any atom is -0.334 e. The van der Waals surface area contributed by atoms with Gasteiger partial charge >= 0.3 is 0 Å². The summed E-state index contributed by atoms with van der Waals surface area (Å²) in [4.78, 5) is 14.9. The molecule has 2 nitrogen and oxygen atoms in total. The van der Waals surface area contributed by atoms with E-state index < -0.39 is 0 Å². The van der Waals surface area contributed by atoms with Crippen molar-refractivity contribution in [3.63, 3.8) is 0 Å². The quantitative estimate of drug-likeness (QED) is 0.529. The normalized spacial score (nSPS) is 16.1. The number of rotatable bonds is 4. The van der Waals surface area contributed by atoms with Crippen LogP contribution in [-0.2, 0) is 0 Å². The van der Waals surface area contributed by atoms with Crippen LogP contribution in [0.2, 0.25) is 0 Å². The zero-order valence-electron chi connectivity index (χ0n) is 11.9. The molecule has 20 heavy (non-hydrogen) atoms. The first kappa shape index (κ1) is 16.1. The molecule has 1 amide bonds. The van der Waals surface area contributed by atoms with E-state index in [1.807, 2.05) is 30.0 Å². The summed E-state index contributed by atoms with van der Waals surface area (Å²) in [6.45, 7) is 2.69. The van der Waals surface area contributed by atoms with Gasteiger partial charge in [-0.25, -0.2) is 0 Å². The first-order chi connectivity index (χ1) is 9.65. The van der Waals surface area contributed by atoms with E-state index in [0.717, 1.165) is 27.5 Å². The molecule has 0 heterocycles. The van der Waals surface area contributed by atoms with Crippen molar-refractivity contribution in [2.75, 3.05) is 12.4 Å². The van der Waals surface area contributed by atoms with Crippen LogP contribution in [0, 0.1) is 10.5 Å². The standard InChI is InChI=1S/C16H21ClINO/c1-12-6-5-9-14(15(12)18)16(20)19(11-10-17)13-7-3-2-4-8-13/h5-6,9,13H,2-4,7-8,10-11H2,1H3. The first-order valence-electron chi connectivity index (χ1n) is 7.27. The number of carbonyl (C=O) groups excluding carboxylic acids is 1. The number of hydrogen-bond acceptors (Lipinski definition) is 1. The van der Waals surface area contributed by atoms with Gasteiger partial charge in [0, 0.05) is 22.0 Å². The van der Waals surface area contributed by atoms with Crippen molar-refractivity contribution < 1.29 is 4.79 Å². The van der Waals surface area contributed by atoms with Crippen LogP contribution in [0.15, 0.2) is 18.2 Å². The molecule has 1 aromatic rings. The van der Waals surface area contributed by atoms with Gasteiger partial charge in [-0.3, -0.25) is 4.79 Å². The van der Waals surface area contributed by atoms with E-state index in [2.05, 4.69) is 22.6 Å². The largest absolute Gasteiger partial charge is 0.334 e. The van der Waals surface area contributed by atoms with Crippen molar-refractivity contribution in [3.05, 3.63) is 32.9 Å². The zero-order chi connectivity index (χ0) is 14.5. The lowest BCUT2D eigenvalue weighted by Gasteiger charge is -2.34. The fourth-order valence-electron chi connectivity index (χ4n) is 2.90. The van der Waals surface area contributed by atoms with Gasteiger partial charge in [-0.2, -0.15) is 0 Å². The Morgan fingerprint density at radius 2 is 2.05 bits per heavy atom.